The first-order valence-corrected chi connectivity index (χ1v) is 8.35. The number of halogens is 2. The highest BCUT2D eigenvalue weighted by atomic mass is 35.5. The van der Waals surface area contributed by atoms with Crippen molar-refractivity contribution < 1.29 is 13.2 Å². The summed E-state index contributed by atoms with van der Waals surface area (Å²) in [6.07, 6.45) is 0. The summed E-state index contributed by atoms with van der Waals surface area (Å²) in [5.74, 6) is 0.201. The van der Waals surface area contributed by atoms with E-state index < -0.39 is 9.84 Å². The zero-order chi connectivity index (χ0) is 14.6. The van der Waals surface area contributed by atoms with Crippen molar-refractivity contribution in [1.82, 2.24) is 10.2 Å². The van der Waals surface area contributed by atoms with Gasteiger partial charge in [-0.15, -0.1) is 24.8 Å². The third-order valence-corrected chi connectivity index (χ3v) is 4.97. The molecule has 3 N–H and O–H groups in total. The van der Waals surface area contributed by atoms with Crippen LogP contribution in [0.15, 0.2) is 24.3 Å². The quantitative estimate of drug-likeness (QED) is 0.757. The second kappa shape index (κ2) is 9.19. The average Bonchev–Trinajstić information content (AvgIpc) is 2.41. The second-order valence-corrected chi connectivity index (χ2v) is 7.14. The van der Waals surface area contributed by atoms with Crippen LogP contribution in [0.1, 0.15) is 10.4 Å². The zero-order valence-electron chi connectivity index (χ0n) is 12.0. The van der Waals surface area contributed by atoms with Gasteiger partial charge in [0.25, 0.3) is 5.91 Å². The molecule has 1 heterocycles. The number of benzene rings is 1. The third kappa shape index (κ3) is 6.00. The van der Waals surface area contributed by atoms with Gasteiger partial charge in [-0.1, -0.05) is 12.1 Å². The topological polar surface area (TPSA) is 92.5 Å². The van der Waals surface area contributed by atoms with Crippen LogP contribution in [0.3, 0.4) is 0 Å². The lowest BCUT2D eigenvalue weighted by Gasteiger charge is -2.26. The summed E-state index contributed by atoms with van der Waals surface area (Å²) in [7, 11) is -2.85. The number of hydrogen-bond donors (Lipinski definition) is 2. The summed E-state index contributed by atoms with van der Waals surface area (Å²) in [5, 5.41) is 2.80. The van der Waals surface area contributed by atoms with Crippen molar-refractivity contribution >= 4 is 46.2 Å². The first-order valence-electron chi connectivity index (χ1n) is 6.53. The minimum absolute atomic E-state index is 0. The fraction of sp³-hybridized carbons (Fsp3) is 0.462. The smallest absolute Gasteiger partial charge is 0.253 e. The fourth-order valence-corrected chi connectivity index (χ4v) is 3.38. The van der Waals surface area contributed by atoms with E-state index in [0.717, 1.165) is 0 Å². The Hall–Kier alpha value is -1.02. The molecule has 9 heteroatoms. The maximum Gasteiger partial charge on any atom is 0.253 e. The van der Waals surface area contributed by atoms with Gasteiger partial charge in [-0.25, -0.2) is 8.42 Å². The predicted molar refractivity (Wildman–Crippen MR) is 92.8 cm³/mol. The molecule has 1 aliphatic heterocycles. The summed E-state index contributed by atoms with van der Waals surface area (Å²) in [4.78, 5) is 13.9. The first kappa shape index (κ1) is 21.0. The minimum atomic E-state index is -2.85. The molecule has 126 valence electrons. The molecule has 0 aliphatic carbocycles. The number of anilines is 1. The Morgan fingerprint density at radius 1 is 1.18 bits per heavy atom. The number of hydrogen-bond acceptors (Lipinski definition) is 5. The van der Waals surface area contributed by atoms with E-state index in [0.29, 0.717) is 37.4 Å². The van der Waals surface area contributed by atoms with Gasteiger partial charge in [0.2, 0.25) is 0 Å². The number of para-hydroxylation sites is 1. The van der Waals surface area contributed by atoms with Crippen LogP contribution in [-0.4, -0.2) is 56.9 Å². The van der Waals surface area contributed by atoms with Crippen molar-refractivity contribution in [3.8, 4) is 0 Å². The first-order chi connectivity index (χ1) is 9.48. The Kier molecular flexibility index (Phi) is 8.77. The van der Waals surface area contributed by atoms with Crippen LogP contribution in [0.25, 0.3) is 0 Å². The summed E-state index contributed by atoms with van der Waals surface area (Å²) < 4.78 is 22.6. The lowest BCUT2D eigenvalue weighted by atomic mass is 10.1. The normalized spacial score (nSPS) is 16.9. The van der Waals surface area contributed by atoms with E-state index >= 15 is 0 Å². The van der Waals surface area contributed by atoms with Crippen LogP contribution < -0.4 is 11.1 Å². The highest BCUT2D eigenvalue weighted by Gasteiger charge is 2.21. The van der Waals surface area contributed by atoms with Crippen LogP contribution in [0.4, 0.5) is 5.69 Å². The molecule has 0 aromatic heterocycles. The predicted octanol–water partition coefficient (Wildman–Crippen LogP) is 0.573. The van der Waals surface area contributed by atoms with Gasteiger partial charge in [0.15, 0.2) is 9.84 Å². The Balaban J connectivity index is 0.00000220. The summed E-state index contributed by atoms with van der Waals surface area (Å²) in [5.41, 5.74) is 6.65. The van der Waals surface area contributed by atoms with Gasteiger partial charge in [-0.05, 0) is 12.1 Å². The van der Waals surface area contributed by atoms with Crippen molar-refractivity contribution in [1.29, 1.82) is 0 Å². The van der Waals surface area contributed by atoms with Crippen molar-refractivity contribution in [3.63, 3.8) is 0 Å². The Morgan fingerprint density at radius 3 is 2.36 bits per heavy atom. The van der Waals surface area contributed by atoms with Gasteiger partial charge in [0.05, 0.1) is 17.1 Å². The lowest BCUT2D eigenvalue weighted by molar-refractivity contribution is 0.0949. The average molecular weight is 370 g/mol. The Labute approximate surface area is 143 Å². The number of amides is 1. The molecular weight excluding hydrogens is 349 g/mol. The number of carbonyl (C=O) groups is 1. The van der Waals surface area contributed by atoms with Crippen LogP contribution in [0, 0.1) is 0 Å². The molecule has 22 heavy (non-hydrogen) atoms. The van der Waals surface area contributed by atoms with E-state index in [4.69, 9.17) is 5.73 Å². The number of nitrogens with one attached hydrogen (secondary N) is 1. The highest BCUT2D eigenvalue weighted by Crippen LogP contribution is 2.09. The number of sulfone groups is 1. The summed E-state index contributed by atoms with van der Waals surface area (Å²) >= 11 is 0. The number of nitrogens with two attached hydrogens (primary N) is 1. The number of nitrogen functional groups attached to an aromatic ring is 1. The molecule has 1 aliphatic rings. The van der Waals surface area contributed by atoms with E-state index in [-0.39, 0.29) is 42.2 Å². The molecule has 0 atom stereocenters. The van der Waals surface area contributed by atoms with E-state index in [1.807, 2.05) is 4.90 Å². The van der Waals surface area contributed by atoms with Gasteiger partial charge in [-0.2, -0.15) is 0 Å². The summed E-state index contributed by atoms with van der Waals surface area (Å²) in [6, 6.07) is 6.91. The molecule has 1 aromatic rings. The number of carbonyl (C=O) groups excluding carboxylic acids is 1. The van der Waals surface area contributed by atoms with Crippen LogP contribution in [0.2, 0.25) is 0 Å². The molecule has 0 unspecified atom stereocenters. The molecule has 1 amide bonds. The van der Waals surface area contributed by atoms with Crippen molar-refractivity contribution in [2.75, 3.05) is 43.4 Å². The molecule has 0 saturated carbocycles. The van der Waals surface area contributed by atoms with Crippen molar-refractivity contribution in [2.45, 2.75) is 0 Å². The molecule has 2 rings (SSSR count). The lowest BCUT2D eigenvalue weighted by Crippen LogP contribution is -2.43. The Morgan fingerprint density at radius 2 is 1.77 bits per heavy atom. The van der Waals surface area contributed by atoms with Gasteiger partial charge in [0, 0.05) is 31.9 Å². The maximum atomic E-state index is 11.9. The van der Waals surface area contributed by atoms with E-state index in [1.165, 1.54) is 0 Å². The van der Waals surface area contributed by atoms with Crippen LogP contribution in [0.5, 0.6) is 0 Å². The highest BCUT2D eigenvalue weighted by molar-refractivity contribution is 7.91. The minimum Gasteiger partial charge on any atom is -0.398 e. The molecule has 6 nitrogen and oxygen atoms in total. The number of rotatable bonds is 4. The maximum absolute atomic E-state index is 11.9. The van der Waals surface area contributed by atoms with E-state index in [9.17, 15) is 13.2 Å². The molecule has 0 radical (unpaired) electrons. The molecule has 0 spiro atoms. The van der Waals surface area contributed by atoms with Gasteiger partial charge >= 0.3 is 0 Å². The monoisotopic (exact) mass is 369 g/mol. The van der Waals surface area contributed by atoms with Gasteiger partial charge < -0.3 is 11.1 Å². The molecule has 0 bridgehead atoms. The largest absolute Gasteiger partial charge is 0.398 e. The van der Waals surface area contributed by atoms with E-state index in [1.54, 1.807) is 24.3 Å². The number of nitrogens with zero attached hydrogens (tertiary/aromatic N) is 1. The molecule has 1 aromatic carbocycles. The Bertz CT molecular complexity index is 582. The molecular formula is C13H21Cl2N3O3S. The third-order valence-electron chi connectivity index (χ3n) is 3.36. The van der Waals surface area contributed by atoms with Crippen molar-refractivity contribution in [2.24, 2.45) is 0 Å². The summed E-state index contributed by atoms with van der Waals surface area (Å²) in [6.45, 7) is 2.19. The standard InChI is InChI=1S/C13H19N3O3S.2ClH/c14-12-4-2-1-3-11(12)13(17)15-5-6-16-7-9-20(18,19)10-8-16;;/h1-4H,5-10,14H2,(H,15,17);2*1H. The van der Waals surface area contributed by atoms with Crippen molar-refractivity contribution in [3.05, 3.63) is 29.8 Å². The zero-order valence-corrected chi connectivity index (χ0v) is 14.5. The van der Waals surface area contributed by atoms with Crippen LogP contribution >= 0.6 is 24.8 Å². The van der Waals surface area contributed by atoms with E-state index in [2.05, 4.69) is 5.32 Å². The van der Waals surface area contributed by atoms with Crippen LogP contribution in [-0.2, 0) is 9.84 Å². The second-order valence-electron chi connectivity index (χ2n) is 4.84. The van der Waals surface area contributed by atoms with Gasteiger partial charge in [-0.3, -0.25) is 9.69 Å². The molecule has 1 saturated heterocycles. The fourth-order valence-electron chi connectivity index (χ4n) is 2.10. The van der Waals surface area contributed by atoms with Gasteiger partial charge in [0.1, 0.15) is 0 Å². The SMILES string of the molecule is Cl.Cl.Nc1ccccc1C(=O)NCCN1CCS(=O)(=O)CC1. The molecule has 1 fully saturated rings.